The molecule has 0 aliphatic carbocycles. The van der Waals surface area contributed by atoms with E-state index < -0.39 is 10.8 Å². The van der Waals surface area contributed by atoms with E-state index in [0.29, 0.717) is 30.9 Å². The van der Waals surface area contributed by atoms with Crippen LogP contribution < -0.4 is 15.0 Å². The standard InChI is InChI=1S/C25H34N2O3S/c1-6-25(31,17-18(2)3)24(29)27(20-10-8-7-9-11-20)22(23(28)26-4)16-19-12-14-21(30-5)15-13-19/h7-15,18,22,31H,6,16-17H2,1-5H3,(H,26,28)/t22-,25?/m0/s1. The Morgan fingerprint density at radius 3 is 2.19 bits per heavy atom. The Balaban J connectivity index is 2.53. The number of likely N-dealkylation sites (N-methyl/N-ethyl adjacent to an activating group) is 1. The predicted octanol–water partition coefficient (Wildman–Crippen LogP) is 4.51. The molecule has 0 heterocycles. The molecule has 2 aromatic carbocycles. The summed E-state index contributed by atoms with van der Waals surface area (Å²) in [6, 6.07) is 16.2. The molecule has 0 saturated heterocycles. The lowest BCUT2D eigenvalue weighted by Gasteiger charge is -2.38. The smallest absolute Gasteiger partial charge is 0.243 e. The molecule has 0 fully saturated rings. The number of ether oxygens (including phenoxy) is 1. The molecule has 0 radical (unpaired) electrons. The van der Waals surface area contributed by atoms with Crippen LogP contribution in [0.25, 0.3) is 0 Å². The third kappa shape index (κ3) is 6.26. The van der Waals surface area contributed by atoms with Crippen molar-refractivity contribution in [3.63, 3.8) is 0 Å². The van der Waals surface area contributed by atoms with Crippen molar-refractivity contribution >= 4 is 30.1 Å². The molecule has 1 N–H and O–H groups in total. The number of methoxy groups -OCH3 is 1. The Morgan fingerprint density at radius 2 is 1.71 bits per heavy atom. The van der Waals surface area contributed by atoms with E-state index in [2.05, 4.69) is 19.2 Å². The van der Waals surface area contributed by atoms with Crippen molar-refractivity contribution in [3.8, 4) is 5.75 Å². The van der Waals surface area contributed by atoms with Gasteiger partial charge < -0.3 is 10.1 Å². The Hall–Kier alpha value is -2.47. The fourth-order valence-corrected chi connectivity index (χ4v) is 4.24. The van der Waals surface area contributed by atoms with Gasteiger partial charge in [-0.3, -0.25) is 14.5 Å². The molecule has 6 heteroatoms. The highest BCUT2D eigenvalue weighted by Gasteiger charge is 2.41. The fourth-order valence-electron chi connectivity index (χ4n) is 3.76. The van der Waals surface area contributed by atoms with E-state index in [9.17, 15) is 9.59 Å². The average Bonchev–Trinajstić information content (AvgIpc) is 2.78. The van der Waals surface area contributed by atoms with Crippen LogP contribution >= 0.6 is 12.6 Å². The number of anilines is 1. The number of rotatable bonds is 10. The minimum Gasteiger partial charge on any atom is -0.497 e. The monoisotopic (exact) mass is 442 g/mol. The maximum absolute atomic E-state index is 13.9. The molecule has 168 valence electrons. The van der Waals surface area contributed by atoms with Gasteiger partial charge in [0.2, 0.25) is 11.8 Å². The molecule has 1 unspecified atom stereocenters. The van der Waals surface area contributed by atoms with Crippen LogP contribution in [0.3, 0.4) is 0 Å². The fraction of sp³-hybridized carbons (Fsp3) is 0.440. The van der Waals surface area contributed by atoms with Crippen molar-refractivity contribution in [2.75, 3.05) is 19.1 Å². The van der Waals surface area contributed by atoms with Crippen LogP contribution in [0.1, 0.15) is 39.2 Å². The first-order chi connectivity index (χ1) is 14.8. The zero-order valence-corrected chi connectivity index (χ0v) is 20.0. The van der Waals surface area contributed by atoms with Crippen molar-refractivity contribution in [2.45, 2.75) is 50.8 Å². The zero-order valence-electron chi connectivity index (χ0n) is 19.1. The van der Waals surface area contributed by atoms with Gasteiger partial charge in [0.05, 0.1) is 11.9 Å². The maximum atomic E-state index is 13.9. The van der Waals surface area contributed by atoms with E-state index in [1.165, 1.54) is 0 Å². The van der Waals surface area contributed by atoms with Crippen LogP contribution in [0.4, 0.5) is 5.69 Å². The van der Waals surface area contributed by atoms with E-state index in [4.69, 9.17) is 17.4 Å². The number of para-hydroxylation sites is 1. The van der Waals surface area contributed by atoms with Gasteiger partial charge >= 0.3 is 0 Å². The number of nitrogens with zero attached hydrogens (tertiary/aromatic N) is 1. The second-order valence-electron chi connectivity index (χ2n) is 8.18. The van der Waals surface area contributed by atoms with Crippen molar-refractivity contribution < 1.29 is 14.3 Å². The third-order valence-corrected chi connectivity index (χ3v) is 6.12. The molecule has 0 aliphatic heterocycles. The number of carbonyl (C=O) groups is 2. The third-order valence-electron chi connectivity index (χ3n) is 5.43. The SMILES string of the molecule is CCC(S)(CC(C)C)C(=O)N(c1ccccc1)[C@@H](Cc1ccc(OC)cc1)C(=O)NC. The first-order valence-corrected chi connectivity index (χ1v) is 11.2. The van der Waals surface area contributed by atoms with Gasteiger partial charge in [-0.05, 0) is 48.6 Å². The number of amides is 2. The molecular formula is C25H34N2O3S. The maximum Gasteiger partial charge on any atom is 0.243 e. The van der Waals surface area contributed by atoms with Crippen LogP contribution in [0.5, 0.6) is 5.75 Å². The topological polar surface area (TPSA) is 58.6 Å². The molecular weight excluding hydrogens is 408 g/mol. The number of benzene rings is 2. The molecule has 2 amide bonds. The first kappa shape index (κ1) is 24.8. The summed E-state index contributed by atoms with van der Waals surface area (Å²) in [5, 5.41) is 2.74. The van der Waals surface area contributed by atoms with Crippen LogP contribution in [0, 0.1) is 5.92 Å². The average molecular weight is 443 g/mol. The van der Waals surface area contributed by atoms with E-state index >= 15 is 0 Å². The normalized spacial score (nSPS) is 13.9. The Kier molecular flexibility index (Phi) is 8.99. The van der Waals surface area contributed by atoms with Crippen molar-refractivity contribution in [1.82, 2.24) is 5.32 Å². The number of hydrogen-bond donors (Lipinski definition) is 2. The summed E-state index contributed by atoms with van der Waals surface area (Å²) in [7, 11) is 3.21. The van der Waals surface area contributed by atoms with Crippen LogP contribution in [-0.2, 0) is 16.0 Å². The summed E-state index contributed by atoms with van der Waals surface area (Å²) in [6.45, 7) is 6.12. The molecule has 0 saturated carbocycles. The highest BCUT2D eigenvalue weighted by molar-refractivity contribution is 7.82. The van der Waals surface area contributed by atoms with Gasteiger partial charge in [-0.1, -0.05) is 51.1 Å². The van der Waals surface area contributed by atoms with Gasteiger partial charge in [0, 0.05) is 19.2 Å². The number of thiol groups is 1. The van der Waals surface area contributed by atoms with Crippen molar-refractivity contribution in [3.05, 3.63) is 60.2 Å². The molecule has 0 aliphatic rings. The number of carbonyl (C=O) groups excluding carboxylic acids is 2. The summed E-state index contributed by atoms with van der Waals surface area (Å²) >= 11 is 4.85. The largest absolute Gasteiger partial charge is 0.497 e. The van der Waals surface area contributed by atoms with Crippen LogP contribution in [0.2, 0.25) is 0 Å². The Morgan fingerprint density at radius 1 is 1.10 bits per heavy atom. The molecule has 0 spiro atoms. The zero-order chi connectivity index (χ0) is 23.0. The lowest BCUT2D eigenvalue weighted by atomic mass is 9.90. The lowest BCUT2D eigenvalue weighted by Crippen LogP contribution is -2.56. The van der Waals surface area contributed by atoms with Crippen molar-refractivity contribution in [2.24, 2.45) is 5.92 Å². The van der Waals surface area contributed by atoms with Gasteiger partial charge in [-0.15, -0.1) is 0 Å². The number of hydrogen-bond acceptors (Lipinski definition) is 4. The summed E-state index contributed by atoms with van der Waals surface area (Å²) in [6.07, 6.45) is 1.57. The lowest BCUT2D eigenvalue weighted by molar-refractivity contribution is -0.127. The molecule has 31 heavy (non-hydrogen) atoms. The predicted molar refractivity (Wildman–Crippen MR) is 130 cm³/mol. The van der Waals surface area contributed by atoms with Crippen LogP contribution in [0.15, 0.2) is 54.6 Å². The van der Waals surface area contributed by atoms with Gasteiger partial charge in [-0.2, -0.15) is 12.6 Å². The van der Waals surface area contributed by atoms with Gasteiger partial charge in [-0.25, -0.2) is 0 Å². The molecule has 2 aromatic rings. The highest BCUT2D eigenvalue weighted by Crippen LogP contribution is 2.33. The molecule has 2 atom stereocenters. The quantitative estimate of drug-likeness (QED) is 0.532. The molecule has 5 nitrogen and oxygen atoms in total. The summed E-state index contributed by atoms with van der Waals surface area (Å²) in [4.78, 5) is 28.6. The van der Waals surface area contributed by atoms with E-state index in [1.807, 2.05) is 61.5 Å². The minimum absolute atomic E-state index is 0.152. The van der Waals surface area contributed by atoms with Crippen LogP contribution in [-0.4, -0.2) is 36.8 Å². The van der Waals surface area contributed by atoms with E-state index in [-0.39, 0.29) is 11.8 Å². The van der Waals surface area contributed by atoms with Gasteiger partial charge in [0.1, 0.15) is 11.8 Å². The summed E-state index contributed by atoms with van der Waals surface area (Å²) in [5.41, 5.74) is 1.62. The molecule has 0 aromatic heterocycles. The summed E-state index contributed by atoms with van der Waals surface area (Å²) in [5.74, 6) is 0.664. The highest BCUT2D eigenvalue weighted by atomic mass is 32.1. The van der Waals surface area contributed by atoms with E-state index in [1.54, 1.807) is 19.1 Å². The Bertz CT molecular complexity index is 855. The van der Waals surface area contributed by atoms with Gasteiger partial charge in [0.15, 0.2) is 0 Å². The second-order valence-corrected chi connectivity index (χ2v) is 9.03. The number of nitrogens with one attached hydrogen (secondary N) is 1. The molecule has 0 bridgehead atoms. The molecule has 2 rings (SSSR count). The Labute approximate surface area is 191 Å². The van der Waals surface area contributed by atoms with E-state index in [0.717, 1.165) is 11.3 Å². The summed E-state index contributed by atoms with van der Waals surface area (Å²) < 4.78 is 4.38. The van der Waals surface area contributed by atoms with Gasteiger partial charge in [0.25, 0.3) is 0 Å². The first-order valence-electron chi connectivity index (χ1n) is 10.7. The minimum atomic E-state index is -0.865. The second kappa shape index (κ2) is 11.2. The van der Waals surface area contributed by atoms with Crippen molar-refractivity contribution in [1.29, 1.82) is 0 Å².